The molecule has 0 saturated heterocycles. The highest BCUT2D eigenvalue weighted by atomic mass is 19.4. The van der Waals surface area contributed by atoms with E-state index in [2.05, 4.69) is 15.0 Å². The van der Waals surface area contributed by atoms with Gasteiger partial charge in [0.2, 0.25) is 0 Å². The molecular weight excluding hydrogens is 500 g/mol. The largest absolute Gasteiger partial charge is 0.573 e. The van der Waals surface area contributed by atoms with Crippen LogP contribution in [0.15, 0.2) is 54.7 Å². The van der Waals surface area contributed by atoms with E-state index in [1.54, 1.807) is 12.1 Å². The standard InChI is InChI=1S/C25H20F4N2O6/c1-34-18-7-5-14(23(33)35-2)12-16(18)22(32)31-24(9-11-36-20-4-3-10-30-21(20)24)15-6-8-19(17(26)13-15)37-25(27,28)29/h3-8,10,12-13H,9,11H2,1-2H3,(H,31,32). The minimum atomic E-state index is -5.09. The van der Waals surface area contributed by atoms with E-state index in [-0.39, 0.29) is 41.2 Å². The molecule has 0 radical (unpaired) electrons. The number of ether oxygens (including phenoxy) is 4. The lowest BCUT2D eigenvalue weighted by atomic mass is 9.81. The Morgan fingerprint density at radius 1 is 1.08 bits per heavy atom. The number of benzene rings is 2. The number of nitrogens with one attached hydrogen (secondary N) is 1. The second-order valence-electron chi connectivity index (χ2n) is 7.91. The first-order chi connectivity index (χ1) is 17.6. The molecule has 0 aliphatic carbocycles. The highest BCUT2D eigenvalue weighted by Crippen LogP contribution is 2.42. The minimum absolute atomic E-state index is 0.0359. The first-order valence-electron chi connectivity index (χ1n) is 10.8. The zero-order valence-corrected chi connectivity index (χ0v) is 19.5. The quantitative estimate of drug-likeness (QED) is 0.381. The number of esters is 1. The number of methoxy groups -OCH3 is 2. The van der Waals surface area contributed by atoms with Crippen LogP contribution in [0.25, 0.3) is 0 Å². The molecule has 1 amide bonds. The van der Waals surface area contributed by atoms with Gasteiger partial charge in [0.1, 0.15) is 22.7 Å². The first-order valence-corrected chi connectivity index (χ1v) is 10.8. The third kappa shape index (κ3) is 5.13. The number of hydrogen-bond donors (Lipinski definition) is 1. The summed E-state index contributed by atoms with van der Waals surface area (Å²) in [4.78, 5) is 30.0. The molecule has 0 bridgehead atoms. The Balaban J connectivity index is 1.83. The molecule has 0 spiro atoms. The highest BCUT2D eigenvalue weighted by molar-refractivity contribution is 6.00. The lowest BCUT2D eigenvalue weighted by Gasteiger charge is -2.39. The van der Waals surface area contributed by atoms with Crippen molar-refractivity contribution in [2.45, 2.75) is 18.3 Å². The van der Waals surface area contributed by atoms with Crippen molar-refractivity contribution in [2.24, 2.45) is 0 Å². The maximum atomic E-state index is 14.8. The third-order valence-electron chi connectivity index (χ3n) is 5.75. The Hall–Kier alpha value is -4.35. The maximum Gasteiger partial charge on any atom is 0.573 e. The molecule has 0 fully saturated rings. The van der Waals surface area contributed by atoms with E-state index in [1.807, 2.05) is 0 Å². The minimum Gasteiger partial charge on any atom is -0.496 e. The van der Waals surface area contributed by atoms with E-state index < -0.39 is 35.3 Å². The topological polar surface area (TPSA) is 96.0 Å². The van der Waals surface area contributed by atoms with Crippen LogP contribution < -0.4 is 19.5 Å². The highest BCUT2D eigenvalue weighted by Gasteiger charge is 2.44. The van der Waals surface area contributed by atoms with Gasteiger partial charge in [-0.25, -0.2) is 9.18 Å². The Labute approximate surface area is 208 Å². The van der Waals surface area contributed by atoms with E-state index in [0.717, 1.165) is 12.1 Å². The zero-order chi connectivity index (χ0) is 26.8. The predicted molar refractivity (Wildman–Crippen MR) is 120 cm³/mol. The van der Waals surface area contributed by atoms with E-state index in [4.69, 9.17) is 14.2 Å². The van der Waals surface area contributed by atoms with Crippen LogP contribution in [-0.2, 0) is 10.3 Å². The Kier molecular flexibility index (Phi) is 6.92. The molecule has 8 nitrogen and oxygen atoms in total. The fourth-order valence-electron chi connectivity index (χ4n) is 4.10. The van der Waals surface area contributed by atoms with Crippen molar-refractivity contribution in [1.29, 1.82) is 0 Å². The van der Waals surface area contributed by atoms with Gasteiger partial charge >= 0.3 is 12.3 Å². The zero-order valence-electron chi connectivity index (χ0n) is 19.5. The molecule has 1 aromatic heterocycles. The normalized spacial score (nSPS) is 16.7. The van der Waals surface area contributed by atoms with E-state index in [9.17, 15) is 27.2 Å². The molecule has 0 saturated carbocycles. The number of hydrogen-bond acceptors (Lipinski definition) is 7. The smallest absolute Gasteiger partial charge is 0.496 e. The molecule has 4 rings (SSSR count). The molecule has 37 heavy (non-hydrogen) atoms. The van der Waals surface area contributed by atoms with Crippen molar-refractivity contribution in [1.82, 2.24) is 10.3 Å². The summed E-state index contributed by atoms with van der Waals surface area (Å²) < 4.78 is 72.2. The van der Waals surface area contributed by atoms with Crippen LogP contribution in [0.1, 0.15) is 38.4 Å². The molecule has 1 unspecified atom stereocenters. The SMILES string of the molecule is COC(=O)c1ccc(OC)c(C(=O)NC2(c3ccc(OC(F)(F)F)c(F)c3)CCOc3cccnc32)c1. The number of amides is 1. The molecule has 1 aliphatic rings. The maximum absolute atomic E-state index is 14.8. The van der Waals surface area contributed by atoms with Gasteiger partial charge in [-0.1, -0.05) is 6.07 Å². The summed E-state index contributed by atoms with van der Waals surface area (Å²) in [6.45, 7) is 0.0702. The van der Waals surface area contributed by atoms with Crippen molar-refractivity contribution in [3.8, 4) is 17.2 Å². The lowest BCUT2D eigenvalue weighted by molar-refractivity contribution is -0.275. The molecule has 194 valence electrons. The number of alkyl halides is 3. The van der Waals surface area contributed by atoms with E-state index >= 15 is 0 Å². The average molecular weight is 520 g/mol. The summed E-state index contributed by atoms with van der Waals surface area (Å²) in [5.74, 6) is -3.31. The predicted octanol–water partition coefficient (Wildman–Crippen LogP) is 4.37. The van der Waals surface area contributed by atoms with Crippen LogP contribution >= 0.6 is 0 Å². The number of pyridine rings is 1. The van der Waals surface area contributed by atoms with Crippen molar-refractivity contribution < 1.29 is 46.1 Å². The van der Waals surface area contributed by atoms with E-state index in [0.29, 0.717) is 5.75 Å². The Morgan fingerprint density at radius 2 is 1.84 bits per heavy atom. The fraction of sp³-hybridized carbons (Fsp3) is 0.240. The molecule has 12 heteroatoms. The molecule has 1 N–H and O–H groups in total. The fourth-order valence-corrected chi connectivity index (χ4v) is 4.10. The Morgan fingerprint density at radius 3 is 2.51 bits per heavy atom. The number of fused-ring (bicyclic) bond motifs is 1. The van der Waals surface area contributed by atoms with Gasteiger partial charge in [0.05, 0.1) is 32.0 Å². The van der Waals surface area contributed by atoms with Crippen LogP contribution in [-0.4, -0.2) is 44.0 Å². The second-order valence-corrected chi connectivity index (χ2v) is 7.91. The van der Waals surface area contributed by atoms with Crippen LogP contribution in [0.2, 0.25) is 0 Å². The van der Waals surface area contributed by atoms with Crippen LogP contribution in [0.5, 0.6) is 17.2 Å². The number of halogens is 4. The monoisotopic (exact) mass is 520 g/mol. The molecule has 1 aliphatic heterocycles. The number of aromatic nitrogens is 1. The summed E-state index contributed by atoms with van der Waals surface area (Å²) in [5.41, 5.74) is -1.17. The van der Waals surface area contributed by atoms with Gasteiger partial charge in [-0.2, -0.15) is 0 Å². The first kappa shape index (κ1) is 25.7. The van der Waals surface area contributed by atoms with Gasteiger partial charge in [0.25, 0.3) is 5.91 Å². The van der Waals surface area contributed by atoms with Gasteiger partial charge in [0.15, 0.2) is 11.6 Å². The van der Waals surface area contributed by atoms with Crippen molar-refractivity contribution in [3.05, 3.63) is 82.9 Å². The second kappa shape index (κ2) is 9.96. The van der Waals surface area contributed by atoms with Crippen LogP contribution in [0.4, 0.5) is 17.6 Å². The van der Waals surface area contributed by atoms with Gasteiger partial charge in [0, 0.05) is 12.6 Å². The number of carbonyl (C=O) groups excluding carboxylic acids is 2. The molecule has 2 heterocycles. The molecular formula is C25H20F4N2O6. The number of nitrogens with zero attached hydrogens (tertiary/aromatic N) is 1. The Bertz CT molecular complexity index is 1350. The number of carbonyl (C=O) groups is 2. The number of rotatable bonds is 6. The third-order valence-corrected chi connectivity index (χ3v) is 5.75. The van der Waals surface area contributed by atoms with Crippen molar-refractivity contribution in [2.75, 3.05) is 20.8 Å². The summed E-state index contributed by atoms with van der Waals surface area (Å²) >= 11 is 0. The van der Waals surface area contributed by atoms with Crippen molar-refractivity contribution in [3.63, 3.8) is 0 Å². The molecule has 1 atom stereocenters. The summed E-state index contributed by atoms with van der Waals surface area (Å²) in [5, 5.41) is 2.83. The summed E-state index contributed by atoms with van der Waals surface area (Å²) in [6.07, 6.45) is -3.60. The van der Waals surface area contributed by atoms with Gasteiger partial charge in [-0.15, -0.1) is 13.2 Å². The van der Waals surface area contributed by atoms with Crippen LogP contribution in [0.3, 0.4) is 0 Å². The van der Waals surface area contributed by atoms with Crippen LogP contribution in [0, 0.1) is 5.82 Å². The van der Waals surface area contributed by atoms with E-state index in [1.165, 1.54) is 44.7 Å². The summed E-state index contributed by atoms with van der Waals surface area (Å²) in [7, 11) is 2.52. The summed E-state index contributed by atoms with van der Waals surface area (Å²) in [6, 6.07) is 10.2. The van der Waals surface area contributed by atoms with Gasteiger partial charge in [-0.3, -0.25) is 9.78 Å². The average Bonchev–Trinajstić information content (AvgIpc) is 2.88. The van der Waals surface area contributed by atoms with Gasteiger partial charge in [-0.05, 0) is 48.0 Å². The molecule has 3 aromatic rings. The van der Waals surface area contributed by atoms with Gasteiger partial charge < -0.3 is 24.3 Å². The van der Waals surface area contributed by atoms with Crippen molar-refractivity contribution >= 4 is 11.9 Å². The molecule has 2 aromatic carbocycles. The lowest BCUT2D eigenvalue weighted by Crippen LogP contribution is -2.50.